The SMILES string of the molecule is Pc1ncc(Nc2cnc(P)[nH]2)[nH]1. The van der Waals surface area contributed by atoms with Crippen molar-refractivity contribution < 1.29 is 0 Å². The van der Waals surface area contributed by atoms with Crippen molar-refractivity contribution in [1.82, 2.24) is 19.9 Å². The van der Waals surface area contributed by atoms with E-state index in [0.717, 1.165) is 22.8 Å². The van der Waals surface area contributed by atoms with Crippen molar-refractivity contribution in [3.63, 3.8) is 0 Å². The van der Waals surface area contributed by atoms with Crippen LogP contribution >= 0.6 is 18.5 Å². The van der Waals surface area contributed by atoms with Crippen LogP contribution < -0.4 is 16.4 Å². The number of aromatic nitrogens is 4. The minimum absolute atomic E-state index is 0.799. The zero-order valence-electron chi connectivity index (χ0n) is 6.70. The highest BCUT2D eigenvalue weighted by molar-refractivity contribution is 7.26. The molecule has 2 aromatic heterocycles. The molecule has 0 amide bonds. The smallest absolute Gasteiger partial charge is 0.129 e. The van der Waals surface area contributed by atoms with Crippen molar-refractivity contribution in [2.75, 3.05) is 5.32 Å². The van der Waals surface area contributed by atoms with Crippen LogP contribution in [0.25, 0.3) is 0 Å². The van der Waals surface area contributed by atoms with Gasteiger partial charge in [-0.1, -0.05) is 18.5 Å². The van der Waals surface area contributed by atoms with E-state index in [1.807, 2.05) is 0 Å². The lowest BCUT2D eigenvalue weighted by Crippen LogP contribution is -1.97. The largest absolute Gasteiger partial charge is 0.325 e. The third kappa shape index (κ3) is 2.06. The Morgan fingerprint density at radius 2 is 1.46 bits per heavy atom. The maximum absolute atomic E-state index is 4.02. The van der Waals surface area contributed by atoms with Gasteiger partial charge in [0, 0.05) is 0 Å². The van der Waals surface area contributed by atoms with Gasteiger partial charge < -0.3 is 15.3 Å². The van der Waals surface area contributed by atoms with Gasteiger partial charge in [0.2, 0.25) is 0 Å². The van der Waals surface area contributed by atoms with Gasteiger partial charge in [-0.15, -0.1) is 0 Å². The molecule has 2 rings (SSSR count). The number of nitrogens with zero attached hydrogens (tertiary/aromatic N) is 2. The van der Waals surface area contributed by atoms with Gasteiger partial charge in [-0.25, -0.2) is 9.97 Å². The van der Waals surface area contributed by atoms with E-state index >= 15 is 0 Å². The molecule has 0 saturated heterocycles. The van der Waals surface area contributed by atoms with Gasteiger partial charge in [-0.05, 0) is 0 Å². The number of aromatic amines is 2. The summed E-state index contributed by atoms with van der Waals surface area (Å²) in [6.07, 6.45) is 3.43. The summed E-state index contributed by atoms with van der Waals surface area (Å²) in [7, 11) is 4.97. The minimum Gasteiger partial charge on any atom is -0.325 e. The Morgan fingerprint density at radius 1 is 1.00 bits per heavy atom. The Balaban J connectivity index is 2.14. The van der Waals surface area contributed by atoms with Crippen molar-refractivity contribution in [3.05, 3.63) is 12.4 Å². The van der Waals surface area contributed by atoms with Crippen LogP contribution in [0.15, 0.2) is 12.4 Å². The molecule has 0 saturated carbocycles. The summed E-state index contributed by atoms with van der Waals surface area (Å²) in [6.45, 7) is 0. The van der Waals surface area contributed by atoms with Crippen LogP contribution in [0, 0.1) is 0 Å². The molecule has 0 fully saturated rings. The van der Waals surface area contributed by atoms with E-state index in [9.17, 15) is 0 Å². The van der Waals surface area contributed by atoms with E-state index in [1.165, 1.54) is 0 Å². The molecule has 2 unspecified atom stereocenters. The van der Waals surface area contributed by atoms with Gasteiger partial charge in [-0.3, -0.25) is 0 Å². The van der Waals surface area contributed by atoms with Crippen LogP contribution in [0.3, 0.4) is 0 Å². The maximum Gasteiger partial charge on any atom is 0.129 e. The molecular formula is C6H9N5P2. The van der Waals surface area contributed by atoms with Crippen LogP contribution in [-0.4, -0.2) is 19.9 Å². The van der Waals surface area contributed by atoms with Crippen molar-refractivity contribution in [1.29, 1.82) is 0 Å². The van der Waals surface area contributed by atoms with Gasteiger partial charge in [0.25, 0.3) is 0 Å². The fourth-order valence-electron chi connectivity index (χ4n) is 0.945. The second kappa shape index (κ2) is 3.44. The Bertz CT molecular complexity index is 368. The average Bonchev–Trinajstić information content (AvgIpc) is 2.62. The molecule has 0 bridgehead atoms. The number of anilines is 2. The summed E-state index contributed by atoms with van der Waals surface area (Å²) >= 11 is 0. The molecule has 2 atom stereocenters. The number of H-pyrrole nitrogens is 2. The van der Waals surface area contributed by atoms with Crippen molar-refractivity contribution >= 4 is 41.2 Å². The lowest BCUT2D eigenvalue weighted by Gasteiger charge is -1.97. The fraction of sp³-hybridized carbons (Fsp3) is 0. The molecule has 0 spiro atoms. The molecule has 2 heterocycles. The molecule has 13 heavy (non-hydrogen) atoms. The summed E-state index contributed by atoms with van der Waals surface area (Å²) in [5, 5.41) is 3.08. The van der Waals surface area contributed by atoms with Gasteiger partial charge in [0.15, 0.2) is 0 Å². The summed E-state index contributed by atoms with van der Waals surface area (Å²) in [5.74, 6) is 1.66. The topological polar surface area (TPSA) is 69.4 Å². The monoisotopic (exact) mass is 213 g/mol. The van der Waals surface area contributed by atoms with Gasteiger partial charge in [0.1, 0.15) is 22.8 Å². The van der Waals surface area contributed by atoms with Crippen molar-refractivity contribution in [2.24, 2.45) is 0 Å². The van der Waals surface area contributed by atoms with Crippen molar-refractivity contribution in [3.8, 4) is 0 Å². The average molecular weight is 213 g/mol. The zero-order valence-corrected chi connectivity index (χ0v) is 9.01. The number of nitrogens with one attached hydrogen (secondary N) is 3. The third-order valence-electron chi connectivity index (χ3n) is 1.46. The van der Waals surface area contributed by atoms with Crippen LogP contribution in [0.5, 0.6) is 0 Å². The van der Waals surface area contributed by atoms with Gasteiger partial charge in [-0.2, -0.15) is 0 Å². The molecule has 0 aliphatic carbocycles. The molecule has 0 aromatic carbocycles. The minimum atomic E-state index is 0.799. The van der Waals surface area contributed by atoms with Crippen molar-refractivity contribution in [2.45, 2.75) is 0 Å². The number of rotatable bonds is 2. The zero-order chi connectivity index (χ0) is 9.26. The van der Waals surface area contributed by atoms with E-state index in [-0.39, 0.29) is 0 Å². The molecule has 2 aromatic rings. The molecule has 68 valence electrons. The predicted octanol–water partition coefficient (Wildman–Crippen LogP) is -0.123. The fourth-order valence-corrected chi connectivity index (χ4v) is 1.41. The van der Waals surface area contributed by atoms with Crippen LogP contribution in [-0.2, 0) is 0 Å². The lowest BCUT2D eigenvalue weighted by atomic mass is 10.6. The first-order valence-corrected chi connectivity index (χ1v) is 4.77. The van der Waals surface area contributed by atoms with Gasteiger partial charge >= 0.3 is 0 Å². The molecule has 5 nitrogen and oxygen atoms in total. The Hall–Kier alpha value is -0.920. The van der Waals surface area contributed by atoms with E-state index in [2.05, 4.69) is 43.7 Å². The highest BCUT2D eigenvalue weighted by Crippen LogP contribution is 2.08. The molecule has 3 N–H and O–H groups in total. The number of hydrogen-bond acceptors (Lipinski definition) is 3. The van der Waals surface area contributed by atoms with E-state index < -0.39 is 0 Å². The lowest BCUT2D eigenvalue weighted by molar-refractivity contribution is 1.36. The number of imidazole rings is 2. The summed E-state index contributed by atoms with van der Waals surface area (Å²) in [4.78, 5) is 14.1. The quantitative estimate of drug-likeness (QED) is 0.609. The van der Waals surface area contributed by atoms with E-state index in [1.54, 1.807) is 12.4 Å². The highest BCUT2D eigenvalue weighted by Gasteiger charge is 1.98. The molecule has 0 aliphatic rings. The van der Waals surface area contributed by atoms with E-state index in [0.29, 0.717) is 0 Å². The summed E-state index contributed by atoms with van der Waals surface area (Å²) < 4.78 is 0. The van der Waals surface area contributed by atoms with Crippen LogP contribution in [0.2, 0.25) is 0 Å². The summed E-state index contributed by atoms with van der Waals surface area (Å²) in [6, 6.07) is 0. The molecular weight excluding hydrogens is 204 g/mol. The normalized spacial score (nSPS) is 10.3. The highest BCUT2D eigenvalue weighted by atomic mass is 31.0. The Kier molecular flexibility index (Phi) is 2.30. The maximum atomic E-state index is 4.02. The molecule has 0 radical (unpaired) electrons. The molecule has 7 heteroatoms. The van der Waals surface area contributed by atoms with Crippen LogP contribution in [0.4, 0.5) is 11.6 Å². The first-order valence-electron chi connectivity index (χ1n) is 3.62. The molecule has 0 aliphatic heterocycles. The third-order valence-corrected chi connectivity index (χ3v) is 2.05. The van der Waals surface area contributed by atoms with E-state index in [4.69, 9.17) is 0 Å². The Labute approximate surface area is 79.6 Å². The predicted molar refractivity (Wildman–Crippen MR) is 59.1 cm³/mol. The first kappa shape index (κ1) is 8.67. The summed E-state index contributed by atoms with van der Waals surface area (Å²) in [5.41, 5.74) is 1.60. The standard InChI is InChI=1S/C6H9N5P2/c12-5-7-1-3(10-5)9-4-2-8-6(13)11-4/h1-2,9H,12-13H2,(H,7,10)(H,8,11). The second-order valence-corrected chi connectivity index (χ2v) is 3.58. The Morgan fingerprint density at radius 3 is 1.77 bits per heavy atom. The first-order chi connectivity index (χ1) is 6.24. The second-order valence-electron chi connectivity index (χ2n) is 2.49. The van der Waals surface area contributed by atoms with Crippen LogP contribution in [0.1, 0.15) is 0 Å². The van der Waals surface area contributed by atoms with Gasteiger partial charge in [0.05, 0.1) is 12.4 Å². The number of hydrogen-bond donors (Lipinski definition) is 3.